The second-order valence-corrected chi connectivity index (χ2v) is 5.04. The van der Waals surface area contributed by atoms with Crippen molar-refractivity contribution in [1.29, 1.82) is 0 Å². The molecule has 0 aromatic heterocycles. The van der Waals surface area contributed by atoms with Gasteiger partial charge in [-0.3, -0.25) is 4.79 Å². The number of hydrogen-bond acceptors (Lipinski definition) is 3. The monoisotopic (exact) mass is 347 g/mol. The van der Waals surface area contributed by atoms with E-state index in [0.29, 0.717) is 5.02 Å². The molecule has 1 amide bonds. The predicted octanol–water partition coefficient (Wildman–Crippen LogP) is 4.26. The van der Waals surface area contributed by atoms with E-state index in [1.807, 2.05) is 6.92 Å². The average Bonchev–Trinajstić information content (AvgIpc) is 2.41. The van der Waals surface area contributed by atoms with Crippen LogP contribution in [0.15, 0.2) is 36.4 Å². The molecule has 0 spiro atoms. The van der Waals surface area contributed by atoms with Gasteiger partial charge in [0, 0.05) is 11.1 Å². The fourth-order valence-electron chi connectivity index (χ4n) is 1.27. The molecule has 0 saturated carbocycles. The van der Waals surface area contributed by atoms with Crippen molar-refractivity contribution in [2.24, 2.45) is 0 Å². The summed E-state index contributed by atoms with van der Waals surface area (Å²) in [6.07, 6.45) is 6.12. The Balaban J connectivity index is 2.57. The topological polar surface area (TPSA) is 55.4 Å². The SMILES string of the molecule is CC=CC=CC(=O)OCC(=O)Nc1c(Cl)cc(Cl)cc1Cl. The smallest absolute Gasteiger partial charge is 0.331 e. The molecule has 0 aliphatic carbocycles. The number of benzene rings is 1. The van der Waals surface area contributed by atoms with Crippen LogP contribution in [0.2, 0.25) is 15.1 Å². The van der Waals surface area contributed by atoms with E-state index in [1.165, 1.54) is 24.3 Å². The van der Waals surface area contributed by atoms with Crippen molar-refractivity contribution in [3.63, 3.8) is 0 Å². The molecule has 0 heterocycles. The number of amides is 1. The molecule has 1 N–H and O–H groups in total. The van der Waals surface area contributed by atoms with Crippen LogP contribution < -0.4 is 5.32 Å². The van der Waals surface area contributed by atoms with Gasteiger partial charge in [0.2, 0.25) is 0 Å². The molecule has 7 heteroatoms. The summed E-state index contributed by atoms with van der Waals surface area (Å²) in [6.45, 7) is 1.36. The van der Waals surface area contributed by atoms with Gasteiger partial charge >= 0.3 is 5.97 Å². The zero-order chi connectivity index (χ0) is 15.8. The number of hydrogen-bond donors (Lipinski definition) is 1. The highest BCUT2D eigenvalue weighted by Crippen LogP contribution is 2.33. The number of carbonyl (C=O) groups is 2. The van der Waals surface area contributed by atoms with E-state index in [0.717, 1.165) is 0 Å². The van der Waals surface area contributed by atoms with E-state index < -0.39 is 18.5 Å². The summed E-state index contributed by atoms with van der Waals surface area (Å²) in [4.78, 5) is 22.9. The number of allylic oxidation sites excluding steroid dienone is 3. The molecule has 0 radical (unpaired) electrons. The molecular formula is C14H12Cl3NO3. The quantitative estimate of drug-likeness (QED) is 0.491. The minimum Gasteiger partial charge on any atom is -0.452 e. The minimum absolute atomic E-state index is 0.195. The van der Waals surface area contributed by atoms with E-state index in [-0.39, 0.29) is 15.7 Å². The predicted molar refractivity (Wildman–Crippen MR) is 85.0 cm³/mol. The number of esters is 1. The Morgan fingerprint density at radius 1 is 1.19 bits per heavy atom. The molecular weight excluding hydrogens is 337 g/mol. The molecule has 21 heavy (non-hydrogen) atoms. The van der Waals surface area contributed by atoms with Gasteiger partial charge in [-0.1, -0.05) is 53.0 Å². The van der Waals surface area contributed by atoms with Gasteiger partial charge in [-0.15, -0.1) is 0 Å². The fourth-order valence-corrected chi connectivity index (χ4v) is 2.18. The molecule has 1 aromatic rings. The van der Waals surface area contributed by atoms with Crippen LogP contribution >= 0.6 is 34.8 Å². The van der Waals surface area contributed by atoms with Crippen molar-refractivity contribution in [2.75, 3.05) is 11.9 Å². The molecule has 0 aliphatic rings. The zero-order valence-electron chi connectivity index (χ0n) is 11.0. The van der Waals surface area contributed by atoms with Crippen LogP contribution in [-0.4, -0.2) is 18.5 Å². The van der Waals surface area contributed by atoms with Crippen LogP contribution in [0.3, 0.4) is 0 Å². The van der Waals surface area contributed by atoms with Crippen molar-refractivity contribution in [1.82, 2.24) is 0 Å². The van der Waals surface area contributed by atoms with E-state index in [9.17, 15) is 9.59 Å². The minimum atomic E-state index is -0.628. The Morgan fingerprint density at radius 2 is 1.81 bits per heavy atom. The Bertz CT molecular complexity index is 574. The van der Waals surface area contributed by atoms with Gasteiger partial charge in [0.1, 0.15) is 0 Å². The van der Waals surface area contributed by atoms with Gasteiger partial charge in [-0.05, 0) is 19.1 Å². The molecule has 0 unspecified atom stereocenters. The first kappa shape index (κ1) is 17.6. The van der Waals surface area contributed by atoms with Crippen LogP contribution in [0, 0.1) is 0 Å². The van der Waals surface area contributed by atoms with Gasteiger partial charge in [0.15, 0.2) is 6.61 Å². The maximum atomic E-state index is 11.7. The molecule has 0 saturated heterocycles. The molecule has 112 valence electrons. The third kappa shape index (κ3) is 6.21. The van der Waals surface area contributed by atoms with Crippen molar-refractivity contribution in [3.8, 4) is 0 Å². The molecule has 0 aliphatic heterocycles. The van der Waals surface area contributed by atoms with Crippen molar-refractivity contribution >= 4 is 52.4 Å². The third-order valence-electron chi connectivity index (χ3n) is 2.15. The summed E-state index contributed by atoms with van der Waals surface area (Å²) >= 11 is 17.6. The van der Waals surface area contributed by atoms with E-state index in [4.69, 9.17) is 39.5 Å². The van der Waals surface area contributed by atoms with E-state index >= 15 is 0 Å². The van der Waals surface area contributed by atoms with Gasteiger partial charge in [0.05, 0.1) is 15.7 Å². The molecule has 1 rings (SSSR count). The first-order valence-corrected chi connectivity index (χ1v) is 6.98. The van der Waals surface area contributed by atoms with Crippen LogP contribution in [0.4, 0.5) is 5.69 Å². The standard InChI is InChI=1S/C14H12Cl3NO3/c1-2-3-4-5-13(20)21-8-12(19)18-14-10(16)6-9(15)7-11(14)17/h2-7H,8H2,1H3,(H,18,19). The number of halogens is 3. The summed E-state index contributed by atoms with van der Waals surface area (Å²) in [5.74, 6) is -1.19. The lowest BCUT2D eigenvalue weighted by Gasteiger charge is -2.09. The summed E-state index contributed by atoms with van der Waals surface area (Å²) in [5.41, 5.74) is 0.216. The lowest BCUT2D eigenvalue weighted by atomic mass is 10.3. The highest BCUT2D eigenvalue weighted by Gasteiger charge is 2.12. The third-order valence-corrected chi connectivity index (χ3v) is 2.97. The maximum absolute atomic E-state index is 11.7. The van der Waals surface area contributed by atoms with Gasteiger partial charge in [-0.2, -0.15) is 0 Å². The van der Waals surface area contributed by atoms with E-state index in [2.05, 4.69) is 5.32 Å². The second kappa shape index (κ2) is 8.72. The summed E-state index contributed by atoms with van der Waals surface area (Å²) in [7, 11) is 0. The number of carbonyl (C=O) groups excluding carboxylic acids is 2. The first-order chi connectivity index (χ1) is 9.93. The fraction of sp³-hybridized carbons (Fsp3) is 0.143. The van der Waals surface area contributed by atoms with E-state index in [1.54, 1.807) is 12.2 Å². The summed E-state index contributed by atoms with van der Waals surface area (Å²) in [5, 5.41) is 3.19. The zero-order valence-corrected chi connectivity index (χ0v) is 13.3. The largest absolute Gasteiger partial charge is 0.452 e. The van der Waals surface area contributed by atoms with Gasteiger partial charge in [0.25, 0.3) is 5.91 Å². The number of ether oxygens (including phenoxy) is 1. The number of rotatable bonds is 5. The van der Waals surface area contributed by atoms with Crippen LogP contribution in [0.25, 0.3) is 0 Å². The summed E-state index contributed by atoms with van der Waals surface area (Å²) in [6, 6.07) is 2.88. The Kier molecular flexibility index (Phi) is 7.29. The maximum Gasteiger partial charge on any atom is 0.331 e. The first-order valence-electron chi connectivity index (χ1n) is 5.84. The Hall–Kier alpha value is -1.49. The average molecular weight is 349 g/mol. The Morgan fingerprint density at radius 3 is 2.38 bits per heavy atom. The lowest BCUT2D eigenvalue weighted by molar-refractivity contribution is -0.142. The highest BCUT2D eigenvalue weighted by atomic mass is 35.5. The lowest BCUT2D eigenvalue weighted by Crippen LogP contribution is -2.20. The van der Waals surface area contributed by atoms with Crippen LogP contribution in [0.1, 0.15) is 6.92 Å². The van der Waals surface area contributed by atoms with Crippen molar-refractivity contribution in [2.45, 2.75) is 6.92 Å². The normalized spacial score (nSPS) is 11.0. The van der Waals surface area contributed by atoms with Crippen molar-refractivity contribution in [3.05, 3.63) is 51.5 Å². The molecule has 4 nitrogen and oxygen atoms in total. The highest BCUT2D eigenvalue weighted by molar-refractivity contribution is 6.42. The van der Waals surface area contributed by atoms with Crippen molar-refractivity contribution < 1.29 is 14.3 Å². The Labute approximate surface area is 137 Å². The summed E-state index contributed by atoms with van der Waals surface area (Å²) < 4.78 is 4.74. The van der Waals surface area contributed by atoms with Gasteiger partial charge in [-0.25, -0.2) is 4.79 Å². The molecule has 1 aromatic carbocycles. The van der Waals surface area contributed by atoms with Gasteiger partial charge < -0.3 is 10.1 Å². The molecule has 0 fully saturated rings. The molecule has 0 bridgehead atoms. The van der Waals surface area contributed by atoms with Crippen LogP contribution in [0.5, 0.6) is 0 Å². The number of nitrogens with one attached hydrogen (secondary N) is 1. The number of anilines is 1. The molecule has 0 atom stereocenters. The van der Waals surface area contributed by atoms with Crippen LogP contribution in [-0.2, 0) is 14.3 Å². The second-order valence-electron chi connectivity index (χ2n) is 3.79.